The molecule has 5 heteroatoms. The fourth-order valence-corrected chi connectivity index (χ4v) is 1.78. The molecule has 1 aromatic heterocycles. The van der Waals surface area contributed by atoms with E-state index in [-0.39, 0.29) is 5.91 Å². The molecule has 0 aromatic carbocycles. The summed E-state index contributed by atoms with van der Waals surface area (Å²) in [7, 11) is 0. The number of amides is 1. The standard InChI is InChI=1S/C14H22N4O/c1-4-7-15-14(19)12-10-13(17-11-16-12)18(8-5-2)9-6-3/h4,10-11H,1,5-9H2,2-3H3,(H,15,19). The Morgan fingerprint density at radius 3 is 2.63 bits per heavy atom. The van der Waals surface area contributed by atoms with Crippen LogP contribution < -0.4 is 10.2 Å². The molecule has 1 rings (SSSR count). The monoisotopic (exact) mass is 262 g/mol. The van der Waals surface area contributed by atoms with Crippen molar-refractivity contribution in [3.8, 4) is 0 Å². The van der Waals surface area contributed by atoms with Gasteiger partial charge < -0.3 is 10.2 Å². The van der Waals surface area contributed by atoms with Crippen molar-refractivity contribution < 1.29 is 4.79 Å². The van der Waals surface area contributed by atoms with E-state index in [4.69, 9.17) is 0 Å². The fraction of sp³-hybridized carbons (Fsp3) is 0.500. The van der Waals surface area contributed by atoms with E-state index in [1.807, 2.05) is 0 Å². The smallest absolute Gasteiger partial charge is 0.270 e. The summed E-state index contributed by atoms with van der Waals surface area (Å²) in [6.07, 6.45) is 5.17. The molecule has 1 aromatic rings. The summed E-state index contributed by atoms with van der Waals surface area (Å²) in [6, 6.07) is 1.74. The molecular formula is C14H22N4O. The predicted molar refractivity (Wildman–Crippen MR) is 77.4 cm³/mol. The molecule has 0 saturated heterocycles. The quantitative estimate of drug-likeness (QED) is 0.728. The van der Waals surface area contributed by atoms with Crippen molar-refractivity contribution in [3.05, 3.63) is 30.7 Å². The highest BCUT2D eigenvalue weighted by atomic mass is 16.1. The first-order valence-corrected chi connectivity index (χ1v) is 6.69. The summed E-state index contributed by atoms with van der Waals surface area (Å²) in [5, 5.41) is 2.71. The molecule has 1 heterocycles. The number of carbonyl (C=O) groups is 1. The van der Waals surface area contributed by atoms with Crippen LogP contribution in [0.3, 0.4) is 0 Å². The molecule has 0 saturated carbocycles. The minimum Gasteiger partial charge on any atom is -0.357 e. The number of carbonyl (C=O) groups excluding carboxylic acids is 1. The van der Waals surface area contributed by atoms with Crippen molar-refractivity contribution in [3.63, 3.8) is 0 Å². The number of rotatable bonds is 8. The summed E-state index contributed by atoms with van der Waals surface area (Å²) < 4.78 is 0. The first kappa shape index (κ1) is 15.1. The van der Waals surface area contributed by atoms with Crippen LogP contribution in [0.5, 0.6) is 0 Å². The van der Waals surface area contributed by atoms with Crippen LogP contribution in [0.15, 0.2) is 25.0 Å². The largest absolute Gasteiger partial charge is 0.357 e. The van der Waals surface area contributed by atoms with E-state index in [2.05, 4.69) is 40.6 Å². The van der Waals surface area contributed by atoms with E-state index >= 15 is 0 Å². The number of aromatic nitrogens is 2. The SMILES string of the molecule is C=CCNC(=O)c1cc(N(CCC)CCC)ncn1. The molecule has 1 N–H and O–H groups in total. The molecule has 0 fully saturated rings. The Morgan fingerprint density at radius 1 is 1.37 bits per heavy atom. The lowest BCUT2D eigenvalue weighted by molar-refractivity contribution is 0.0953. The van der Waals surface area contributed by atoms with Gasteiger partial charge in [0.15, 0.2) is 0 Å². The highest BCUT2D eigenvalue weighted by molar-refractivity contribution is 5.92. The van der Waals surface area contributed by atoms with Gasteiger partial charge in [0.25, 0.3) is 5.91 Å². The highest BCUT2D eigenvalue weighted by Gasteiger charge is 2.11. The topological polar surface area (TPSA) is 58.1 Å². The van der Waals surface area contributed by atoms with Gasteiger partial charge in [-0.1, -0.05) is 19.9 Å². The van der Waals surface area contributed by atoms with Gasteiger partial charge >= 0.3 is 0 Å². The van der Waals surface area contributed by atoms with E-state index in [0.29, 0.717) is 12.2 Å². The molecule has 0 bridgehead atoms. The second kappa shape index (κ2) is 8.24. The Hall–Kier alpha value is -1.91. The number of nitrogens with zero attached hydrogens (tertiary/aromatic N) is 3. The average Bonchev–Trinajstić information content (AvgIpc) is 2.44. The van der Waals surface area contributed by atoms with Crippen molar-refractivity contribution in [2.45, 2.75) is 26.7 Å². The van der Waals surface area contributed by atoms with E-state index in [0.717, 1.165) is 31.7 Å². The molecule has 0 aliphatic rings. The van der Waals surface area contributed by atoms with Crippen LogP contribution >= 0.6 is 0 Å². The number of hydrogen-bond acceptors (Lipinski definition) is 4. The lowest BCUT2D eigenvalue weighted by Crippen LogP contribution is -2.28. The molecular weight excluding hydrogens is 240 g/mol. The minimum absolute atomic E-state index is 0.198. The van der Waals surface area contributed by atoms with E-state index in [1.165, 1.54) is 6.33 Å². The predicted octanol–water partition coefficient (Wildman–Crippen LogP) is 2.02. The summed E-state index contributed by atoms with van der Waals surface area (Å²) in [4.78, 5) is 22.3. The van der Waals surface area contributed by atoms with Crippen LogP contribution in [0.25, 0.3) is 0 Å². The zero-order valence-corrected chi connectivity index (χ0v) is 11.7. The first-order valence-electron chi connectivity index (χ1n) is 6.69. The van der Waals surface area contributed by atoms with Crippen molar-refractivity contribution in [2.75, 3.05) is 24.5 Å². The molecule has 0 atom stereocenters. The molecule has 0 radical (unpaired) electrons. The van der Waals surface area contributed by atoms with Crippen molar-refractivity contribution in [1.29, 1.82) is 0 Å². The molecule has 19 heavy (non-hydrogen) atoms. The zero-order valence-electron chi connectivity index (χ0n) is 11.7. The third-order valence-corrected chi connectivity index (χ3v) is 2.60. The van der Waals surface area contributed by atoms with Crippen LogP contribution in [0.2, 0.25) is 0 Å². The molecule has 104 valence electrons. The van der Waals surface area contributed by atoms with Gasteiger partial charge in [-0.2, -0.15) is 0 Å². The maximum atomic E-state index is 11.8. The van der Waals surface area contributed by atoms with Gasteiger partial charge in [0.05, 0.1) is 0 Å². The summed E-state index contributed by atoms with van der Waals surface area (Å²) >= 11 is 0. The lowest BCUT2D eigenvalue weighted by atomic mass is 10.3. The van der Waals surface area contributed by atoms with Gasteiger partial charge in [-0.15, -0.1) is 6.58 Å². The van der Waals surface area contributed by atoms with Gasteiger partial charge in [0, 0.05) is 25.7 Å². The average molecular weight is 262 g/mol. The molecule has 5 nitrogen and oxygen atoms in total. The third-order valence-electron chi connectivity index (χ3n) is 2.60. The van der Waals surface area contributed by atoms with E-state index in [9.17, 15) is 4.79 Å². The van der Waals surface area contributed by atoms with Gasteiger partial charge in [-0.3, -0.25) is 4.79 Å². The van der Waals surface area contributed by atoms with Crippen molar-refractivity contribution in [1.82, 2.24) is 15.3 Å². The lowest BCUT2D eigenvalue weighted by Gasteiger charge is -2.22. The second-order valence-electron chi connectivity index (χ2n) is 4.25. The third kappa shape index (κ3) is 4.69. The van der Waals surface area contributed by atoms with Gasteiger partial charge in [0.2, 0.25) is 0 Å². The van der Waals surface area contributed by atoms with Crippen molar-refractivity contribution in [2.24, 2.45) is 0 Å². The Kier molecular flexibility index (Phi) is 6.57. The molecule has 1 amide bonds. The maximum Gasteiger partial charge on any atom is 0.270 e. The molecule has 0 spiro atoms. The Morgan fingerprint density at radius 2 is 2.05 bits per heavy atom. The molecule has 0 aliphatic carbocycles. The Labute approximate surface area is 114 Å². The van der Waals surface area contributed by atoms with Gasteiger partial charge in [-0.05, 0) is 12.8 Å². The number of hydrogen-bond donors (Lipinski definition) is 1. The summed E-state index contributed by atoms with van der Waals surface area (Å²) in [5.74, 6) is 0.610. The van der Waals surface area contributed by atoms with Crippen LogP contribution in [0.1, 0.15) is 37.2 Å². The molecule has 0 unspecified atom stereocenters. The maximum absolute atomic E-state index is 11.8. The van der Waals surface area contributed by atoms with Crippen LogP contribution in [-0.2, 0) is 0 Å². The van der Waals surface area contributed by atoms with Crippen LogP contribution in [0, 0.1) is 0 Å². The highest BCUT2D eigenvalue weighted by Crippen LogP contribution is 2.12. The number of nitrogens with one attached hydrogen (secondary N) is 1. The van der Waals surface area contributed by atoms with Crippen LogP contribution in [-0.4, -0.2) is 35.5 Å². The van der Waals surface area contributed by atoms with E-state index < -0.39 is 0 Å². The summed E-state index contributed by atoms with van der Waals surface area (Å²) in [5.41, 5.74) is 0.393. The first-order chi connectivity index (χ1) is 9.22. The normalized spacial score (nSPS) is 10.0. The van der Waals surface area contributed by atoms with E-state index in [1.54, 1.807) is 12.1 Å². The Balaban J connectivity index is 2.84. The summed E-state index contributed by atoms with van der Waals surface area (Å²) in [6.45, 7) is 10.1. The second-order valence-corrected chi connectivity index (χ2v) is 4.25. The number of anilines is 1. The van der Waals surface area contributed by atoms with Gasteiger partial charge in [-0.25, -0.2) is 9.97 Å². The fourth-order valence-electron chi connectivity index (χ4n) is 1.78. The van der Waals surface area contributed by atoms with Gasteiger partial charge in [0.1, 0.15) is 17.8 Å². The van der Waals surface area contributed by atoms with Crippen molar-refractivity contribution >= 4 is 11.7 Å². The minimum atomic E-state index is -0.198. The Bertz CT molecular complexity index is 414. The zero-order chi connectivity index (χ0) is 14.1. The molecule has 0 aliphatic heterocycles. The van der Waals surface area contributed by atoms with Crippen LogP contribution in [0.4, 0.5) is 5.82 Å².